The molecule has 4 aliphatic carbocycles. The molecule has 8 aromatic carbocycles. The van der Waals surface area contributed by atoms with Crippen molar-refractivity contribution in [3.05, 3.63) is 227 Å². The van der Waals surface area contributed by atoms with Crippen LogP contribution in [0.1, 0.15) is 75.6 Å². The number of hydrogen-bond donors (Lipinski definition) is 0. The van der Waals surface area contributed by atoms with Gasteiger partial charge in [0.2, 0.25) is 0 Å². The number of para-hydroxylation sites is 2. The molecule has 300 valence electrons. The van der Waals surface area contributed by atoms with Crippen molar-refractivity contribution in [3.63, 3.8) is 0 Å². The number of benzene rings is 8. The summed E-state index contributed by atoms with van der Waals surface area (Å²) < 4.78 is 0. The number of anilines is 4. The first-order valence-corrected chi connectivity index (χ1v) is 22.4. The molecular formula is C60H50N2. The molecule has 0 aromatic heterocycles. The normalized spacial score (nSPS) is 17.1. The summed E-state index contributed by atoms with van der Waals surface area (Å²) >= 11 is 0. The highest BCUT2D eigenvalue weighted by atomic mass is 15.2. The highest BCUT2D eigenvalue weighted by molar-refractivity contribution is 6.08. The standard InChI is InChI=1S/C60H50N2/c1-59(2)51-35-33-48-47(57(51)49-31-29-43(37-53(49)59)61(41-21-7-5-8-22-41)55-27-15-19-39-17-11-13-25-45(39)55)34-36-52-58(48)50-32-30-44(38-54(50)60(52,3)4)62(42-23-9-6-10-24-42)56-28-16-20-40-18-12-14-26-46(40)56/h5-28,33-38H,29-32H2,1-4H3. The summed E-state index contributed by atoms with van der Waals surface area (Å²) in [7, 11) is 0. The Morgan fingerprint density at radius 1 is 0.355 bits per heavy atom. The second-order valence-electron chi connectivity index (χ2n) is 18.7. The third-order valence-corrected chi connectivity index (χ3v) is 14.7. The maximum Gasteiger partial charge on any atom is 0.0536 e. The summed E-state index contributed by atoms with van der Waals surface area (Å²) in [6.07, 6.45) is 9.07. The first kappa shape index (κ1) is 36.9. The lowest BCUT2D eigenvalue weighted by molar-refractivity contribution is 0.648. The summed E-state index contributed by atoms with van der Waals surface area (Å²) in [5.74, 6) is 0. The zero-order valence-corrected chi connectivity index (χ0v) is 36.0. The van der Waals surface area contributed by atoms with E-state index in [0.29, 0.717) is 0 Å². The SMILES string of the molecule is CC1(C)C2=C(CCC(N(c3ccccc3)c3cccc4ccccc34)=C2)c2c1ccc1c3c(ccc21)C(C)(C)C1=C3CCC(N(c2ccccc2)c2cccc3ccccc23)=C1. The minimum atomic E-state index is -0.126. The predicted octanol–water partition coefficient (Wildman–Crippen LogP) is 16.3. The average molecular weight is 799 g/mol. The smallest absolute Gasteiger partial charge is 0.0536 e. The molecule has 0 amide bonds. The minimum absolute atomic E-state index is 0.126. The Hall–Kier alpha value is -6.90. The van der Waals surface area contributed by atoms with E-state index in [1.165, 1.54) is 111 Å². The van der Waals surface area contributed by atoms with Gasteiger partial charge in [-0.2, -0.15) is 0 Å². The van der Waals surface area contributed by atoms with Crippen LogP contribution in [0.3, 0.4) is 0 Å². The largest absolute Gasteiger partial charge is 0.314 e. The van der Waals surface area contributed by atoms with Gasteiger partial charge in [0.1, 0.15) is 0 Å². The van der Waals surface area contributed by atoms with Gasteiger partial charge in [-0.1, -0.05) is 161 Å². The number of nitrogens with zero attached hydrogens (tertiary/aromatic N) is 2. The van der Waals surface area contributed by atoms with Crippen molar-refractivity contribution in [2.45, 2.75) is 64.2 Å². The van der Waals surface area contributed by atoms with E-state index in [-0.39, 0.29) is 10.8 Å². The minimum Gasteiger partial charge on any atom is -0.314 e. The molecule has 0 spiro atoms. The zero-order chi connectivity index (χ0) is 41.7. The maximum absolute atomic E-state index is 2.55. The molecule has 2 nitrogen and oxygen atoms in total. The predicted molar refractivity (Wildman–Crippen MR) is 264 cm³/mol. The summed E-state index contributed by atoms with van der Waals surface area (Å²) in [5, 5.41) is 7.89. The van der Waals surface area contributed by atoms with Crippen LogP contribution in [-0.4, -0.2) is 0 Å². The lowest BCUT2D eigenvalue weighted by atomic mass is 9.78. The summed E-state index contributed by atoms with van der Waals surface area (Å²) in [6.45, 7) is 9.79. The van der Waals surface area contributed by atoms with Gasteiger partial charge < -0.3 is 9.80 Å². The highest BCUT2D eigenvalue weighted by Crippen LogP contribution is 2.58. The molecule has 0 saturated carbocycles. The zero-order valence-electron chi connectivity index (χ0n) is 36.0. The van der Waals surface area contributed by atoms with E-state index in [4.69, 9.17) is 0 Å². The molecule has 0 saturated heterocycles. The Morgan fingerprint density at radius 2 is 0.742 bits per heavy atom. The third kappa shape index (κ3) is 5.42. The third-order valence-electron chi connectivity index (χ3n) is 14.7. The van der Waals surface area contributed by atoms with Gasteiger partial charge in [-0.05, 0) is 140 Å². The fraction of sp³-hybridized carbons (Fsp3) is 0.167. The van der Waals surface area contributed by atoms with Crippen molar-refractivity contribution in [3.8, 4) is 0 Å². The topological polar surface area (TPSA) is 6.48 Å². The summed E-state index contributed by atoms with van der Waals surface area (Å²) in [4.78, 5) is 5.05. The van der Waals surface area contributed by atoms with Gasteiger partial charge in [-0.25, -0.2) is 0 Å². The van der Waals surface area contributed by atoms with E-state index in [1.54, 1.807) is 0 Å². The molecule has 8 aromatic rings. The Bertz CT molecular complexity index is 3050. The van der Waals surface area contributed by atoms with Crippen molar-refractivity contribution in [1.29, 1.82) is 0 Å². The van der Waals surface area contributed by atoms with Crippen LogP contribution in [-0.2, 0) is 10.8 Å². The van der Waals surface area contributed by atoms with Crippen LogP contribution in [0.2, 0.25) is 0 Å². The molecule has 0 N–H and O–H groups in total. The molecular weight excluding hydrogens is 749 g/mol. The molecule has 0 heterocycles. The van der Waals surface area contributed by atoms with Crippen molar-refractivity contribution in [2.24, 2.45) is 0 Å². The van der Waals surface area contributed by atoms with E-state index in [2.05, 4.69) is 220 Å². The molecule has 2 heteroatoms. The second kappa shape index (κ2) is 13.8. The number of rotatable bonds is 6. The highest BCUT2D eigenvalue weighted by Gasteiger charge is 2.43. The Morgan fingerprint density at radius 3 is 1.18 bits per heavy atom. The molecule has 0 bridgehead atoms. The van der Waals surface area contributed by atoms with Crippen LogP contribution in [0.15, 0.2) is 205 Å². The Balaban J connectivity index is 0.998. The van der Waals surface area contributed by atoms with Gasteiger partial charge in [-0.15, -0.1) is 0 Å². The fourth-order valence-corrected chi connectivity index (χ4v) is 11.7. The maximum atomic E-state index is 2.55. The molecule has 0 unspecified atom stereocenters. The van der Waals surface area contributed by atoms with E-state index < -0.39 is 0 Å². The summed E-state index contributed by atoms with van der Waals surface area (Å²) in [6, 6.07) is 62.9. The van der Waals surface area contributed by atoms with Crippen LogP contribution < -0.4 is 9.80 Å². The van der Waals surface area contributed by atoms with Crippen molar-refractivity contribution < 1.29 is 0 Å². The van der Waals surface area contributed by atoms with Crippen molar-refractivity contribution in [2.75, 3.05) is 9.80 Å². The van der Waals surface area contributed by atoms with E-state index >= 15 is 0 Å². The number of fused-ring (bicyclic) bond motifs is 9. The van der Waals surface area contributed by atoms with Crippen molar-refractivity contribution >= 4 is 66.2 Å². The number of hydrogen-bond acceptors (Lipinski definition) is 2. The Kier molecular flexibility index (Phi) is 8.22. The van der Waals surface area contributed by atoms with Crippen LogP contribution in [0.5, 0.6) is 0 Å². The average Bonchev–Trinajstić information content (AvgIpc) is 3.69. The molecule has 12 rings (SSSR count). The van der Waals surface area contributed by atoms with Crippen LogP contribution in [0.4, 0.5) is 22.7 Å². The first-order valence-electron chi connectivity index (χ1n) is 22.4. The summed E-state index contributed by atoms with van der Waals surface area (Å²) in [5.41, 5.74) is 19.2. The second-order valence-corrected chi connectivity index (χ2v) is 18.7. The van der Waals surface area contributed by atoms with E-state index in [0.717, 1.165) is 25.7 Å². The quantitative estimate of drug-likeness (QED) is 0.165. The monoisotopic (exact) mass is 798 g/mol. The first-order chi connectivity index (χ1) is 30.3. The van der Waals surface area contributed by atoms with Gasteiger partial charge in [0, 0.05) is 44.4 Å². The van der Waals surface area contributed by atoms with Gasteiger partial charge in [-0.3, -0.25) is 0 Å². The number of allylic oxidation sites excluding steroid dienone is 8. The molecule has 0 atom stereocenters. The van der Waals surface area contributed by atoms with Crippen molar-refractivity contribution in [1.82, 2.24) is 0 Å². The Labute approximate surface area is 365 Å². The molecule has 0 radical (unpaired) electrons. The van der Waals surface area contributed by atoms with Gasteiger partial charge in [0.05, 0.1) is 11.4 Å². The van der Waals surface area contributed by atoms with E-state index in [1.807, 2.05) is 0 Å². The van der Waals surface area contributed by atoms with Gasteiger partial charge in [0.15, 0.2) is 0 Å². The van der Waals surface area contributed by atoms with Crippen LogP contribution >= 0.6 is 0 Å². The fourth-order valence-electron chi connectivity index (χ4n) is 11.7. The van der Waals surface area contributed by atoms with Gasteiger partial charge in [0.25, 0.3) is 0 Å². The molecule has 4 aliphatic rings. The lowest BCUT2D eigenvalue weighted by Crippen LogP contribution is -2.22. The van der Waals surface area contributed by atoms with Gasteiger partial charge >= 0.3 is 0 Å². The van der Waals surface area contributed by atoms with Crippen LogP contribution in [0, 0.1) is 0 Å². The molecule has 62 heavy (non-hydrogen) atoms. The van der Waals surface area contributed by atoms with Crippen LogP contribution in [0.25, 0.3) is 43.5 Å². The molecule has 0 aliphatic heterocycles. The molecule has 0 fully saturated rings. The van der Waals surface area contributed by atoms with E-state index in [9.17, 15) is 0 Å². The lowest BCUT2D eigenvalue weighted by Gasteiger charge is -2.33.